The summed E-state index contributed by atoms with van der Waals surface area (Å²) >= 11 is 4.56. The highest BCUT2D eigenvalue weighted by molar-refractivity contribution is 7.81. The van der Waals surface area contributed by atoms with Crippen molar-refractivity contribution in [1.29, 1.82) is 0 Å². The summed E-state index contributed by atoms with van der Waals surface area (Å²) in [5, 5.41) is 0.213. The van der Waals surface area contributed by atoms with Gasteiger partial charge in [0.15, 0.2) is 20.4 Å². The Morgan fingerprint density at radius 1 is 1.19 bits per heavy atom. The summed E-state index contributed by atoms with van der Waals surface area (Å²) in [6.07, 6.45) is -0.748. The number of fused-ring (bicyclic) bond motifs is 1. The summed E-state index contributed by atoms with van der Waals surface area (Å²) in [4.78, 5) is 0. The fraction of sp³-hybridized carbons (Fsp3) is 1.00. The average Bonchev–Trinajstić information content (AvgIpc) is 2.70. The van der Waals surface area contributed by atoms with Crippen molar-refractivity contribution in [2.24, 2.45) is 0 Å². The predicted octanol–water partition coefficient (Wildman–Crippen LogP) is 3.57. The minimum absolute atomic E-state index is 0.0701. The molecule has 0 N–H and O–H groups in total. The lowest BCUT2D eigenvalue weighted by molar-refractivity contribution is -0.213. The van der Waals surface area contributed by atoms with E-state index < -0.39 is 14.1 Å². The van der Waals surface area contributed by atoms with Gasteiger partial charge in [0, 0.05) is 5.25 Å². The molecule has 0 aliphatic carbocycles. The van der Waals surface area contributed by atoms with E-state index in [0.29, 0.717) is 0 Å². The maximum Gasteiger partial charge on any atom is 0.192 e. The van der Waals surface area contributed by atoms with Crippen molar-refractivity contribution in [1.82, 2.24) is 0 Å². The Balaban J connectivity index is 2.21. The molecule has 0 bridgehead atoms. The summed E-state index contributed by atoms with van der Waals surface area (Å²) in [6, 6.07) is 0. The van der Waals surface area contributed by atoms with Gasteiger partial charge in [0.2, 0.25) is 0 Å². The zero-order valence-electron chi connectivity index (χ0n) is 14.5. The van der Waals surface area contributed by atoms with Gasteiger partial charge in [-0.05, 0) is 32.0 Å². The quantitative estimate of drug-likeness (QED) is 0.632. The maximum atomic E-state index is 6.60. The first kappa shape index (κ1) is 17.8. The van der Waals surface area contributed by atoms with Gasteiger partial charge < -0.3 is 18.6 Å². The van der Waals surface area contributed by atoms with Gasteiger partial charge >= 0.3 is 0 Å². The van der Waals surface area contributed by atoms with E-state index in [9.17, 15) is 0 Å². The molecule has 1 unspecified atom stereocenters. The van der Waals surface area contributed by atoms with Crippen molar-refractivity contribution in [2.75, 3.05) is 0 Å². The fourth-order valence-electron chi connectivity index (χ4n) is 2.54. The number of thiol groups is 1. The van der Waals surface area contributed by atoms with Crippen LogP contribution in [0.25, 0.3) is 0 Å². The van der Waals surface area contributed by atoms with Gasteiger partial charge in [-0.25, -0.2) is 0 Å². The molecule has 21 heavy (non-hydrogen) atoms. The lowest BCUT2D eigenvalue weighted by atomic mass is 10.1. The Bertz CT molecular complexity index is 392. The SMILES string of the molecule is CC(S)[C@@H]1O[C@H]2OC(C)(C)O[C@H]2[C@@H]1O[Si](C)(C)C(C)(C)C. The molecule has 2 heterocycles. The van der Waals surface area contributed by atoms with Crippen LogP contribution in [0.15, 0.2) is 0 Å². The van der Waals surface area contributed by atoms with Crippen LogP contribution in [0.3, 0.4) is 0 Å². The molecule has 2 fully saturated rings. The Hall–Kier alpha value is 0.407. The highest BCUT2D eigenvalue weighted by atomic mass is 32.1. The van der Waals surface area contributed by atoms with E-state index in [1.807, 2.05) is 20.8 Å². The normalized spacial score (nSPS) is 37.6. The van der Waals surface area contributed by atoms with Crippen LogP contribution in [0.5, 0.6) is 0 Å². The Morgan fingerprint density at radius 3 is 2.24 bits per heavy atom. The lowest BCUT2D eigenvalue weighted by Crippen LogP contribution is -2.51. The van der Waals surface area contributed by atoms with E-state index in [1.54, 1.807) is 0 Å². The number of rotatable bonds is 3. The second-order valence-corrected chi connectivity index (χ2v) is 13.7. The third-order valence-electron chi connectivity index (χ3n) is 4.74. The summed E-state index contributed by atoms with van der Waals surface area (Å²) in [6.45, 7) is 17.1. The molecule has 2 rings (SSSR count). The molecular formula is C15H30O4SSi. The maximum absolute atomic E-state index is 6.60. The topological polar surface area (TPSA) is 36.9 Å². The minimum Gasteiger partial charge on any atom is -0.408 e. The largest absolute Gasteiger partial charge is 0.408 e. The van der Waals surface area contributed by atoms with Gasteiger partial charge in [0.25, 0.3) is 0 Å². The molecule has 2 aliphatic heterocycles. The van der Waals surface area contributed by atoms with Crippen LogP contribution in [0.2, 0.25) is 18.1 Å². The molecule has 124 valence electrons. The standard InChI is InChI=1S/C15H30O4SSi/c1-9(20)10-11(19-21(7,8)14(2,3)4)12-13(16-10)18-15(5,6)17-12/h9-13,20H,1-8H3/t9?,10-,11+,12-,13-/m0/s1. The van der Waals surface area contributed by atoms with Crippen molar-refractivity contribution in [2.45, 2.75) is 95.3 Å². The minimum atomic E-state index is -1.91. The zero-order valence-corrected chi connectivity index (χ0v) is 16.4. The van der Waals surface area contributed by atoms with Gasteiger partial charge in [0.05, 0.1) is 6.10 Å². The molecule has 4 nitrogen and oxygen atoms in total. The third kappa shape index (κ3) is 3.51. The van der Waals surface area contributed by atoms with Crippen molar-refractivity contribution in [3.8, 4) is 0 Å². The smallest absolute Gasteiger partial charge is 0.192 e. The molecule has 6 heteroatoms. The van der Waals surface area contributed by atoms with Gasteiger partial charge in [-0.1, -0.05) is 27.7 Å². The Kier molecular flexibility index (Phi) is 4.64. The van der Waals surface area contributed by atoms with E-state index in [-0.39, 0.29) is 34.9 Å². The Labute approximate surface area is 135 Å². The summed E-state index contributed by atoms with van der Waals surface area (Å²) < 4.78 is 24.5. The molecule has 0 aromatic carbocycles. The number of hydrogen-bond donors (Lipinski definition) is 1. The molecule has 2 aliphatic rings. The molecule has 0 amide bonds. The van der Waals surface area contributed by atoms with Crippen LogP contribution in [-0.2, 0) is 18.6 Å². The molecule has 0 saturated carbocycles. The van der Waals surface area contributed by atoms with Crippen molar-refractivity contribution < 1.29 is 18.6 Å². The molecule has 5 atom stereocenters. The number of hydrogen-bond acceptors (Lipinski definition) is 5. The van der Waals surface area contributed by atoms with Crippen LogP contribution in [0.1, 0.15) is 41.5 Å². The summed E-state index contributed by atoms with van der Waals surface area (Å²) in [5.74, 6) is -0.616. The first-order valence-corrected chi connectivity index (χ1v) is 11.1. The molecule has 0 aromatic rings. The highest BCUT2D eigenvalue weighted by Gasteiger charge is 2.58. The van der Waals surface area contributed by atoms with E-state index >= 15 is 0 Å². The fourth-order valence-corrected chi connectivity index (χ4v) is 4.09. The van der Waals surface area contributed by atoms with E-state index in [0.717, 1.165) is 0 Å². The van der Waals surface area contributed by atoms with Crippen LogP contribution in [0.4, 0.5) is 0 Å². The third-order valence-corrected chi connectivity index (χ3v) is 9.51. The Morgan fingerprint density at radius 2 is 1.76 bits per heavy atom. The average molecular weight is 335 g/mol. The van der Waals surface area contributed by atoms with Crippen LogP contribution in [0, 0.1) is 0 Å². The van der Waals surface area contributed by atoms with E-state index in [1.165, 1.54) is 0 Å². The van der Waals surface area contributed by atoms with Gasteiger partial charge in [-0.15, -0.1) is 0 Å². The zero-order chi connectivity index (χ0) is 16.2. The molecule has 0 radical (unpaired) electrons. The van der Waals surface area contributed by atoms with E-state index in [4.69, 9.17) is 18.6 Å². The molecule has 2 saturated heterocycles. The first-order chi connectivity index (χ1) is 9.34. The molecule has 0 spiro atoms. The van der Waals surface area contributed by atoms with Crippen LogP contribution >= 0.6 is 12.6 Å². The second kappa shape index (κ2) is 5.49. The second-order valence-electron chi connectivity index (χ2n) is 8.15. The van der Waals surface area contributed by atoms with Gasteiger partial charge in [0.1, 0.15) is 12.2 Å². The van der Waals surface area contributed by atoms with E-state index in [2.05, 4.69) is 46.5 Å². The van der Waals surface area contributed by atoms with Gasteiger partial charge in [-0.3, -0.25) is 0 Å². The molecule has 0 aromatic heterocycles. The van der Waals surface area contributed by atoms with Crippen LogP contribution < -0.4 is 0 Å². The first-order valence-electron chi connectivity index (χ1n) is 7.71. The molecular weight excluding hydrogens is 304 g/mol. The summed E-state index contributed by atoms with van der Waals surface area (Å²) in [7, 11) is -1.91. The monoisotopic (exact) mass is 334 g/mol. The van der Waals surface area contributed by atoms with Gasteiger partial charge in [-0.2, -0.15) is 12.6 Å². The van der Waals surface area contributed by atoms with Crippen molar-refractivity contribution in [3.63, 3.8) is 0 Å². The van der Waals surface area contributed by atoms with Crippen molar-refractivity contribution in [3.05, 3.63) is 0 Å². The highest BCUT2D eigenvalue weighted by Crippen LogP contribution is 2.44. The lowest BCUT2D eigenvalue weighted by Gasteiger charge is -2.41. The van der Waals surface area contributed by atoms with Crippen molar-refractivity contribution >= 4 is 20.9 Å². The predicted molar refractivity (Wildman–Crippen MR) is 89.2 cm³/mol. The summed E-state index contributed by atoms with van der Waals surface area (Å²) in [5.41, 5.74) is 0. The van der Waals surface area contributed by atoms with Crippen LogP contribution in [-0.4, -0.2) is 44.0 Å². The number of ether oxygens (including phenoxy) is 3.